The van der Waals surface area contributed by atoms with Gasteiger partial charge in [-0.1, -0.05) is 26.0 Å². The number of halogens is 1. The van der Waals surface area contributed by atoms with Crippen LogP contribution in [0.15, 0.2) is 24.3 Å². The van der Waals surface area contributed by atoms with Crippen molar-refractivity contribution in [3.63, 3.8) is 0 Å². The topological polar surface area (TPSA) is 38.3 Å². The van der Waals surface area contributed by atoms with Crippen molar-refractivity contribution in [2.45, 2.75) is 59.2 Å². The van der Waals surface area contributed by atoms with Crippen LogP contribution in [0.25, 0.3) is 0 Å². The Kier molecular flexibility index (Phi) is 7.13. The van der Waals surface area contributed by atoms with Crippen molar-refractivity contribution in [3.05, 3.63) is 33.4 Å². The molecular weight excluding hydrogens is 377 g/mol. The summed E-state index contributed by atoms with van der Waals surface area (Å²) in [6.45, 7) is 10.6. The van der Waals surface area contributed by atoms with Crippen molar-refractivity contribution < 1.29 is 9.53 Å². The fraction of sp³-hybridized carbons (Fsp3) is 0.588. The first kappa shape index (κ1) is 18.4. The lowest BCUT2D eigenvalue weighted by molar-refractivity contribution is -0.158. The van der Waals surface area contributed by atoms with Gasteiger partial charge in [0, 0.05) is 10.1 Å². The van der Waals surface area contributed by atoms with Crippen LogP contribution in [0.3, 0.4) is 0 Å². The molecule has 0 saturated heterocycles. The zero-order chi connectivity index (χ0) is 16.0. The lowest BCUT2D eigenvalue weighted by atomic mass is 10.0. The molecule has 0 heterocycles. The van der Waals surface area contributed by atoms with Crippen LogP contribution in [0.1, 0.15) is 46.6 Å². The summed E-state index contributed by atoms with van der Waals surface area (Å²) in [7, 11) is 0. The van der Waals surface area contributed by atoms with E-state index in [2.05, 4.69) is 66.0 Å². The van der Waals surface area contributed by atoms with Gasteiger partial charge in [-0.25, -0.2) is 0 Å². The Balaban J connectivity index is 2.65. The number of esters is 1. The summed E-state index contributed by atoms with van der Waals surface area (Å²) in [6.07, 6.45) is 0.777. The quantitative estimate of drug-likeness (QED) is 0.573. The summed E-state index contributed by atoms with van der Waals surface area (Å²) in [4.78, 5) is 12.3. The molecule has 0 amide bonds. The number of hydrogen-bond acceptors (Lipinski definition) is 3. The van der Waals surface area contributed by atoms with E-state index in [4.69, 9.17) is 4.74 Å². The van der Waals surface area contributed by atoms with Gasteiger partial charge in [-0.2, -0.15) is 0 Å². The lowest BCUT2D eigenvalue weighted by Gasteiger charge is -2.25. The maximum atomic E-state index is 12.3. The number of rotatable bonds is 6. The van der Waals surface area contributed by atoms with Crippen molar-refractivity contribution in [2.24, 2.45) is 5.92 Å². The van der Waals surface area contributed by atoms with Crippen LogP contribution in [0.5, 0.6) is 0 Å². The largest absolute Gasteiger partial charge is 0.459 e. The Morgan fingerprint density at radius 1 is 1.24 bits per heavy atom. The number of carbonyl (C=O) groups is 1. The molecule has 21 heavy (non-hydrogen) atoms. The molecule has 0 unspecified atom stereocenters. The maximum absolute atomic E-state index is 12.3. The van der Waals surface area contributed by atoms with Gasteiger partial charge in [0.15, 0.2) is 0 Å². The third kappa shape index (κ3) is 7.81. The van der Waals surface area contributed by atoms with Gasteiger partial charge < -0.3 is 10.1 Å². The number of ether oxygens (including phenoxy) is 1. The van der Waals surface area contributed by atoms with Gasteiger partial charge in [-0.3, -0.25) is 4.79 Å². The third-order valence-electron chi connectivity index (χ3n) is 2.86. The molecule has 4 heteroatoms. The molecule has 1 aromatic rings. The van der Waals surface area contributed by atoms with Crippen LogP contribution in [-0.2, 0) is 16.1 Å². The Morgan fingerprint density at radius 2 is 1.81 bits per heavy atom. The average Bonchev–Trinajstić information content (AvgIpc) is 2.33. The Labute approximate surface area is 142 Å². The van der Waals surface area contributed by atoms with Crippen LogP contribution in [0.2, 0.25) is 0 Å². The molecule has 0 bridgehead atoms. The molecule has 0 aliphatic carbocycles. The van der Waals surface area contributed by atoms with Crippen LogP contribution in [-0.4, -0.2) is 17.6 Å². The molecule has 1 aromatic carbocycles. The van der Waals surface area contributed by atoms with Crippen LogP contribution < -0.4 is 5.32 Å². The van der Waals surface area contributed by atoms with Gasteiger partial charge >= 0.3 is 5.97 Å². The fourth-order valence-corrected chi connectivity index (χ4v) is 2.31. The zero-order valence-electron chi connectivity index (χ0n) is 13.6. The van der Waals surface area contributed by atoms with E-state index in [0.717, 1.165) is 6.42 Å². The highest BCUT2D eigenvalue weighted by atomic mass is 127. The van der Waals surface area contributed by atoms with E-state index in [1.807, 2.05) is 20.8 Å². The van der Waals surface area contributed by atoms with E-state index in [1.54, 1.807) is 0 Å². The lowest BCUT2D eigenvalue weighted by Crippen LogP contribution is -2.41. The van der Waals surface area contributed by atoms with Gasteiger partial charge in [0.2, 0.25) is 0 Å². The normalized spacial score (nSPS) is 13.3. The molecule has 0 aromatic heterocycles. The maximum Gasteiger partial charge on any atom is 0.323 e. The molecule has 118 valence electrons. The summed E-state index contributed by atoms with van der Waals surface area (Å²) >= 11 is 2.29. The molecule has 3 nitrogen and oxygen atoms in total. The molecule has 0 spiro atoms. The minimum Gasteiger partial charge on any atom is -0.459 e. The molecule has 0 fully saturated rings. The third-order valence-corrected chi connectivity index (χ3v) is 3.58. The SMILES string of the molecule is CC(C)C[C@H](NCc1ccc(I)cc1)C(=O)OC(C)(C)C. The second-order valence-corrected chi connectivity index (χ2v) is 7.97. The Morgan fingerprint density at radius 3 is 2.29 bits per heavy atom. The van der Waals surface area contributed by atoms with Crippen LogP contribution in [0.4, 0.5) is 0 Å². The summed E-state index contributed by atoms with van der Waals surface area (Å²) in [5.41, 5.74) is 0.726. The second kappa shape index (κ2) is 8.13. The molecule has 0 aliphatic rings. The summed E-state index contributed by atoms with van der Waals surface area (Å²) in [5.74, 6) is 0.272. The molecule has 0 saturated carbocycles. The van der Waals surface area contributed by atoms with E-state index >= 15 is 0 Å². The monoisotopic (exact) mass is 403 g/mol. The summed E-state index contributed by atoms with van der Waals surface area (Å²) < 4.78 is 6.72. The predicted octanol–water partition coefficient (Wildman–Crippen LogP) is 4.14. The van der Waals surface area contributed by atoms with E-state index in [1.165, 1.54) is 9.13 Å². The standard InChI is InChI=1S/C17H26INO2/c1-12(2)10-15(16(20)21-17(3,4)5)19-11-13-6-8-14(18)9-7-13/h6-9,12,15,19H,10-11H2,1-5H3/t15-/m0/s1. The predicted molar refractivity (Wildman–Crippen MR) is 95.1 cm³/mol. The van der Waals surface area contributed by atoms with Crippen molar-refractivity contribution in [1.29, 1.82) is 0 Å². The number of benzene rings is 1. The highest BCUT2D eigenvalue weighted by molar-refractivity contribution is 14.1. The summed E-state index contributed by atoms with van der Waals surface area (Å²) in [6, 6.07) is 8.04. The number of nitrogens with one attached hydrogen (secondary N) is 1. The highest BCUT2D eigenvalue weighted by Crippen LogP contribution is 2.14. The molecule has 0 aliphatic heterocycles. The Bertz CT molecular complexity index is 449. The second-order valence-electron chi connectivity index (χ2n) is 6.72. The van der Waals surface area contributed by atoms with Gasteiger partial charge in [0.05, 0.1) is 0 Å². The first-order chi connectivity index (χ1) is 9.67. The summed E-state index contributed by atoms with van der Waals surface area (Å²) in [5, 5.41) is 3.33. The van der Waals surface area contributed by atoms with Gasteiger partial charge in [0.25, 0.3) is 0 Å². The van der Waals surface area contributed by atoms with Crippen LogP contribution in [0, 0.1) is 9.49 Å². The van der Waals surface area contributed by atoms with E-state index in [9.17, 15) is 4.79 Å². The Hall–Kier alpha value is -0.620. The number of hydrogen-bond donors (Lipinski definition) is 1. The highest BCUT2D eigenvalue weighted by Gasteiger charge is 2.25. The van der Waals surface area contributed by atoms with E-state index < -0.39 is 5.60 Å². The average molecular weight is 403 g/mol. The zero-order valence-corrected chi connectivity index (χ0v) is 15.7. The molecule has 0 radical (unpaired) electrons. The van der Waals surface area contributed by atoms with E-state index in [-0.39, 0.29) is 12.0 Å². The van der Waals surface area contributed by atoms with E-state index in [0.29, 0.717) is 12.5 Å². The van der Waals surface area contributed by atoms with Crippen molar-refractivity contribution >= 4 is 28.6 Å². The van der Waals surface area contributed by atoms with Gasteiger partial charge in [-0.05, 0) is 73.4 Å². The van der Waals surface area contributed by atoms with Crippen molar-refractivity contribution in [1.82, 2.24) is 5.32 Å². The molecule has 1 rings (SSSR count). The first-order valence-electron chi connectivity index (χ1n) is 7.38. The minimum absolute atomic E-state index is 0.165. The molecular formula is C17H26INO2. The molecule has 1 atom stereocenters. The minimum atomic E-state index is -0.448. The number of carbonyl (C=O) groups excluding carboxylic acids is 1. The van der Waals surface area contributed by atoms with Gasteiger partial charge in [0.1, 0.15) is 11.6 Å². The van der Waals surface area contributed by atoms with Crippen molar-refractivity contribution in [2.75, 3.05) is 0 Å². The molecule has 1 N–H and O–H groups in total. The van der Waals surface area contributed by atoms with Gasteiger partial charge in [-0.15, -0.1) is 0 Å². The first-order valence-corrected chi connectivity index (χ1v) is 8.46. The van der Waals surface area contributed by atoms with Crippen LogP contribution >= 0.6 is 22.6 Å². The smallest absolute Gasteiger partial charge is 0.323 e. The van der Waals surface area contributed by atoms with Crippen molar-refractivity contribution in [3.8, 4) is 0 Å². The fourth-order valence-electron chi connectivity index (χ4n) is 1.95.